The minimum atomic E-state index is -0.442. The summed E-state index contributed by atoms with van der Waals surface area (Å²) in [6.07, 6.45) is 7.48. The molecule has 0 aliphatic heterocycles. The summed E-state index contributed by atoms with van der Waals surface area (Å²) in [6.45, 7) is 4.39. The van der Waals surface area contributed by atoms with E-state index in [4.69, 9.17) is 9.47 Å². The Morgan fingerprint density at radius 2 is 2.12 bits per heavy atom. The fraction of sp³-hybridized carbons (Fsp3) is 0.737. The van der Waals surface area contributed by atoms with Crippen molar-refractivity contribution >= 4 is 23.2 Å². The number of methoxy groups -OCH3 is 1. The third-order valence-electron chi connectivity index (χ3n) is 4.79. The molecule has 0 radical (unpaired) electrons. The van der Waals surface area contributed by atoms with E-state index in [9.17, 15) is 9.59 Å². The van der Waals surface area contributed by atoms with Gasteiger partial charge in [0.2, 0.25) is 5.91 Å². The minimum Gasteiger partial charge on any atom is -0.464 e. The van der Waals surface area contributed by atoms with Crippen LogP contribution in [0.4, 0.5) is 0 Å². The number of carbonyl (C=O) groups is 2. The normalized spacial score (nSPS) is 14.5. The van der Waals surface area contributed by atoms with Crippen molar-refractivity contribution in [3.63, 3.8) is 0 Å². The highest BCUT2D eigenvalue weighted by Gasteiger charge is 2.20. The predicted molar refractivity (Wildman–Crippen MR) is 101 cm³/mol. The van der Waals surface area contributed by atoms with Gasteiger partial charge in [0.05, 0.1) is 13.7 Å². The summed E-state index contributed by atoms with van der Waals surface area (Å²) in [5.41, 5.74) is 0.306. The van der Waals surface area contributed by atoms with E-state index in [1.165, 1.54) is 44.1 Å². The second-order valence-corrected chi connectivity index (χ2v) is 7.62. The van der Waals surface area contributed by atoms with Gasteiger partial charge in [0.1, 0.15) is 5.01 Å². The number of amides is 1. The lowest BCUT2D eigenvalue weighted by Gasteiger charge is -2.22. The first-order valence-electron chi connectivity index (χ1n) is 9.52. The fourth-order valence-electron chi connectivity index (χ4n) is 3.32. The SMILES string of the molecule is CCOCCCN(Cc1nc(C(=O)OC)cs1)C(=O)CCC1CCCC1. The number of carbonyl (C=O) groups excluding carboxylic acids is 2. The zero-order valence-electron chi connectivity index (χ0n) is 15.9. The van der Waals surface area contributed by atoms with Gasteiger partial charge in [-0.2, -0.15) is 0 Å². The molecule has 1 aliphatic rings. The molecule has 2 rings (SSSR count). The fourth-order valence-corrected chi connectivity index (χ4v) is 4.10. The van der Waals surface area contributed by atoms with Gasteiger partial charge in [-0.05, 0) is 25.7 Å². The van der Waals surface area contributed by atoms with E-state index in [-0.39, 0.29) is 5.91 Å². The van der Waals surface area contributed by atoms with Gasteiger partial charge in [-0.15, -0.1) is 11.3 Å². The molecule has 1 saturated carbocycles. The Bertz CT molecular complexity index is 570. The van der Waals surface area contributed by atoms with Gasteiger partial charge in [-0.1, -0.05) is 25.7 Å². The first-order valence-corrected chi connectivity index (χ1v) is 10.4. The van der Waals surface area contributed by atoms with Crippen molar-refractivity contribution in [3.05, 3.63) is 16.1 Å². The van der Waals surface area contributed by atoms with E-state index in [0.29, 0.717) is 44.3 Å². The van der Waals surface area contributed by atoms with Crippen LogP contribution in [0.5, 0.6) is 0 Å². The van der Waals surface area contributed by atoms with E-state index in [1.54, 1.807) is 5.38 Å². The molecule has 0 aromatic carbocycles. The summed E-state index contributed by atoms with van der Waals surface area (Å²) < 4.78 is 10.1. The second kappa shape index (κ2) is 11.3. The van der Waals surface area contributed by atoms with Crippen molar-refractivity contribution in [2.24, 2.45) is 5.92 Å². The maximum absolute atomic E-state index is 12.7. The largest absolute Gasteiger partial charge is 0.464 e. The van der Waals surface area contributed by atoms with Crippen molar-refractivity contribution in [1.29, 1.82) is 0 Å². The predicted octanol–water partition coefficient (Wildman–Crippen LogP) is 3.66. The van der Waals surface area contributed by atoms with Crippen LogP contribution in [0.25, 0.3) is 0 Å². The molecule has 1 aliphatic carbocycles. The van der Waals surface area contributed by atoms with Crippen molar-refractivity contribution in [1.82, 2.24) is 9.88 Å². The monoisotopic (exact) mass is 382 g/mol. The number of hydrogen-bond acceptors (Lipinski definition) is 6. The summed E-state index contributed by atoms with van der Waals surface area (Å²) in [6, 6.07) is 0. The Morgan fingerprint density at radius 3 is 2.81 bits per heavy atom. The first kappa shape index (κ1) is 20.8. The standard InChI is InChI=1S/C19H30N2O4S/c1-3-25-12-6-11-21(18(22)10-9-15-7-4-5-8-15)13-17-20-16(14-26-17)19(23)24-2/h14-15H,3-13H2,1-2H3. The lowest BCUT2D eigenvalue weighted by molar-refractivity contribution is -0.132. The average Bonchev–Trinajstić information content (AvgIpc) is 3.33. The summed E-state index contributed by atoms with van der Waals surface area (Å²) >= 11 is 1.39. The van der Waals surface area contributed by atoms with Crippen molar-refractivity contribution in [3.8, 4) is 0 Å². The Morgan fingerprint density at radius 1 is 1.35 bits per heavy atom. The van der Waals surface area contributed by atoms with Crippen LogP contribution in [-0.2, 0) is 20.8 Å². The van der Waals surface area contributed by atoms with Gasteiger partial charge >= 0.3 is 5.97 Å². The van der Waals surface area contributed by atoms with E-state index < -0.39 is 5.97 Å². The highest BCUT2D eigenvalue weighted by Crippen LogP contribution is 2.28. The van der Waals surface area contributed by atoms with Gasteiger partial charge in [-0.25, -0.2) is 9.78 Å². The van der Waals surface area contributed by atoms with E-state index >= 15 is 0 Å². The third kappa shape index (κ3) is 6.68. The van der Waals surface area contributed by atoms with E-state index in [1.807, 2.05) is 11.8 Å². The topological polar surface area (TPSA) is 68.7 Å². The van der Waals surface area contributed by atoms with Crippen LogP contribution in [0.15, 0.2) is 5.38 Å². The lowest BCUT2D eigenvalue weighted by Crippen LogP contribution is -2.32. The highest BCUT2D eigenvalue weighted by atomic mass is 32.1. The summed E-state index contributed by atoms with van der Waals surface area (Å²) in [4.78, 5) is 30.5. The number of ether oxygens (including phenoxy) is 2. The Balaban J connectivity index is 1.91. The van der Waals surface area contributed by atoms with Gasteiger partial charge in [0, 0.05) is 31.6 Å². The van der Waals surface area contributed by atoms with Gasteiger partial charge in [0.15, 0.2) is 5.69 Å². The molecule has 0 N–H and O–H groups in total. The molecule has 0 saturated heterocycles. The van der Waals surface area contributed by atoms with Crippen LogP contribution < -0.4 is 0 Å². The average molecular weight is 383 g/mol. The van der Waals surface area contributed by atoms with Crippen molar-refractivity contribution in [2.45, 2.75) is 58.4 Å². The molecule has 0 unspecified atom stereocenters. The van der Waals surface area contributed by atoms with Gasteiger partial charge in [0.25, 0.3) is 0 Å². The van der Waals surface area contributed by atoms with Crippen LogP contribution in [0, 0.1) is 5.92 Å². The van der Waals surface area contributed by atoms with Crippen LogP contribution in [0.3, 0.4) is 0 Å². The molecular formula is C19H30N2O4S. The smallest absolute Gasteiger partial charge is 0.357 e. The van der Waals surface area contributed by atoms with Crippen LogP contribution in [-0.4, -0.2) is 48.6 Å². The minimum absolute atomic E-state index is 0.170. The molecule has 0 bridgehead atoms. The van der Waals surface area contributed by atoms with E-state index in [2.05, 4.69) is 4.98 Å². The molecule has 6 nitrogen and oxygen atoms in total. The lowest BCUT2D eigenvalue weighted by atomic mass is 10.0. The maximum atomic E-state index is 12.7. The molecule has 1 heterocycles. The molecular weight excluding hydrogens is 352 g/mol. The molecule has 146 valence electrons. The number of esters is 1. The number of hydrogen-bond donors (Lipinski definition) is 0. The quantitative estimate of drug-likeness (QED) is 0.432. The van der Waals surface area contributed by atoms with E-state index in [0.717, 1.165) is 17.8 Å². The maximum Gasteiger partial charge on any atom is 0.357 e. The number of thiazole rings is 1. The molecule has 1 fully saturated rings. The Labute approximate surface area is 159 Å². The number of nitrogens with zero attached hydrogens (tertiary/aromatic N) is 2. The zero-order chi connectivity index (χ0) is 18.8. The zero-order valence-corrected chi connectivity index (χ0v) is 16.7. The third-order valence-corrected chi connectivity index (χ3v) is 5.62. The van der Waals surface area contributed by atoms with Crippen LogP contribution >= 0.6 is 11.3 Å². The molecule has 26 heavy (non-hydrogen) atoms. The van der Waals surface area contributed by atoms with Crippen LogP contribution in [0.1, 0.15) is 67.4 Å². The van der Waals surface area contributed by atoms with Crippen molar-refractivity contribution in [2.75, 3.05) is 26.9 Å². The van der Waals surface area contributed by atoms with Gasteiger partial charge < -0.3 is 14.4 Å². The Kier molecular flexibility index (Phi) is 9.05. The summed E-state index contributed by atoms with van der Waals surface area (Å²) in [5.74, 6) is 0.432. The summed E-state index contributed by atoms with van der Waals surface area (Å²) in [7, 11) is 1.34. The molecule has 1 amide bonds. The molecule has 1 aromatic rings. The summed E-state index contributed by atoms with van der Waals surface area (Å²) in [5, 5.41) is 2.44. The highest BCUT2D eigenvalue weighted by molar-refractivity contribution is 7.09. The number of aromatic nitrogens is 1. The first-order chi connectivity index (χ1) is 12.6. The molecule has 0 spiro atoms. The molecule has 1 aromatic heterocycles. The number of rotatable bonds is 11. The second-order valence-electron chi connectivity index (χ2n) is 6.67. The van der Waals surface area contributed by atoms with Crippen molar-refractivity contribution < 1.29 is 19.1 Å². The van der Waals surface area contributed by atoms with Crippen LogP contribution in [0.2, 0.25) is 0 Å². The molecule has 7 heteroatoms. The van der Waals surface area contributed by atoms with Gasteiger partial charge in [-0.3, -0.25) is 4.79 Å². The Hall–Kier alpha value is -1.47. The molecule has 0 atom stereocenters.